The van der Waals surface area contributed by atoms with E-state index in [1.54, 1.807) is 0 Å². The van der Waals surface area contributed by atoms with E-state index in [2.05, 4.69) is 8.85 Å². The van der Waals surface area contributed by atoms with E-state index in [1.807, 2.05) is 0 Å². The van der Waals surface area contributed by atoms with E-state index in [9.17, 15) is 4.80 Å². The summed E-state index contributed by atoms with van der Waals surface area (Å²) in [5, 5.41) is 0. The van der Waals surface area contributed by atoms with Crippen LogP contribution < -0.4 is 17.2 Å². The summed E-state index contributed by atoms with van der Waals surface area (Å²) in [5.74, 6) is 0. The maximum absolute atomic E-state index is 10.2. The Labute approximate surface area is 76.2 Å². The quantitative estimate of drug-likeness (QED) is 0.378. The molecular weight excluding hydrogens is 176 g/mol. The molecule has 0 aromatic heterocycles. The fraction of sp³-hybridized carbons (Fsp3) is 1.00. The van der Waals surface area contributed by atoms with Crippen molar-refractivity contribution in [3.8, 4) is 0 Å². The van der Waals surface area contributed by atoms with E-state index in [0.29, 0.717) is 0 Å². The molecule has 0 aromatic rings. The van der Waals surface area contributed by atoms with E-state index in [-0.39, 0.29) is 48.7 Å². The predicted molar refractivity (Wildman–Crippen MR) is 25.6 cm³/mol. The van der Waals surface area contributed by atoms with Crippen molar-refractivity contribution in [3.63, 3.8) is 0 Å². The van der Waals surface area contributed by atoms with E-state index in [0.717, 1.165) is 0 Å². The Morgan fingerprint density at radius 1 is 1.33 bits per heavy atom. The van der Waals surface area contributed by atoms with E-state index < -0.39 is 9.05 Å². The van der Waals surface area contributed by atoms with Crippen LogP contribution in [0.5, 0.6) is 0 Å². The third kappa shape index (κ3) is 4.51. The first-order chi connectivity index (χ1) is 3.21. The van der Waals surface area contributed by atoms with Crippen LogP contribution >= 0.6 is 0 Å². The molecule has 0 saturated carbocycles. The zero-order valence-corrected chi connectivity index (χ0v) is 7.84. The molecule has 9 heavy (non-hydrogen) atoms. The molecule has 1 aliphatic rings. The Morgan fingerprint density at radius 2 is 1.67 bits per heavy atom. The topological polar surface area (TPSA) is 61.8 Å². The van der Waals surface area contributed by atoms with Crippen LogP contribution in [-0.2, 0) is 8.85 Å². The van der Waals surface area contributed by atoms with Crippen LogP contribution in [0.25, 0.3) is 0 Å². The Hall–Kier alpha value is 1.11. The SMILES string of the molecule is [Cl-].[Mg+2].[O-][Si]1(O)OCCO1. The van der Waals surface area contributed by atoms with Gasteiger partial charge in [-0.2, -0.15) is 0 Å². The van der Waals surface area contributed by atoms with Gasteiger partial charge in [0.2, 0.25) is 0 Å². The van der Waals surface area contributed by atoms with Gasteiger partial charge in [0.05, 0.1) is 13.2 Å². The van der Waals surface area contributed by atoms with Crippen LogP contribution in [0.3, 0.4) is 0 Å². The fourth-order valence-electron chi connectivity index (χ4n) is 0.383. The summed E-state index contributed by atoms with van der Waals surface area (Å²) in [6.07, 6.45) is 0. The molecule has 7 heteroatoms. The van der Waals surface area contributed by atoms with Gasteiger partial charge in [-0.25, -0.2) is 0 Å². The first kappa shape index (κ1) is 12.8. The molecule has 1 fully saturated rings. The minimum Gasteiger partial charge on any atom is -1.00 e. The third-order valence-corrected chi connectivity index (χ3v) is 1.79. The van der Waals surface area contributed by atoms with Gasteiger partial charge in [0.25, 0.3) is 0 Å². The molecule has 1 N–H and O–H groups in total. The van der Waals surface area contributed by atoms with Gasteiger partial charge in [-0.05, 0) is 0 Å². The standard InChI is InChI=1S/C2H5O4Si.ClH.Mg/c3-7(4)5-1-2-6-7;;/h3H,1-2H2;1H;/q-1;;+2/p-1. The number of halogens is 1. The van der Waals surface area contributed by atoms with Gasteiger partial charge in [-0.1, -0.05) is 0 Å². The smallest absolute Gasteiger partial charge is 1.00 e. The molecular formula is C2H5ClMgO4Si. The number of rotatable bonds is 0. The molecule has 4 nitrogen and oxygen atoms in total. The van der Waals surface area contributed by atoms with Crippen molar-refractivity contribution in [1.29, 1.82) is 0 Å². The normalized spacial score (nSPS) is 22.0. The number of hydrogen-bond donors (Lipinski definition) is 1. The van der Waals surface area contributed by atoms with E-state index in [1.165, 1.54) is 0 Å². The van der Waals surface area contributed by atoms with Crippen LogP contribution in [0.4, 0.5) is 0 Å². The van der Waals surface area contributed by atoms with Crippen LogP contribution in [0.2, 0.25) is 0 Å². The molecule has 1 heterocycles. The summed E-state index contributed by atoms with van der Waals surface area (Å²) in [7, 11) is -3.79. The second kappa shape index (κ2) is 4.86. The van der Waals surface area contributed by atoms with Crippen molar-refractivity contribution >= 4 is 32.1 Å². The van der Waals surface area contributed by atoms with Gasteiger partial charge in [-0.3, -0.25) is 0 Å². The molecule has 1 saturated heterocycles. The van der Waals surface area contributed by atoms with Crippen LogP contribution in [0.15, 0.2) is 0 Å². The van der Waals surface area contributed by atoms with Crippen LogP contribution in [0, 0.1) is 0 Å². The van der Waals surface area contributed by atoms with Crippen molar-refractivity contribution in [2.24, 2.45) is 0 Å². The summed E-state index contributed by atoms with van der Waals surface area (Å²) in [6, 6.07) is 0. The molecule has 50 valence electrons. The van der Waals surface area contributed by atoms with Crippen molar-refractivity contribution in [2.75, 3.05) is 13.2 Å². The second-order valence-corrected chi connectivity index (χ2v) is 2.85. The predicted octanol–water partition coefficient (Wildman–Crippen LogP) is -5.56. The zero-order valence-electron chi connectivity index (χ0n) is 4.67. The Kier molecular flexibility index (Phi) is 6.89. The van der Waals surface area contributed by atoms with Gasteiger partial charge in [0.1, 0.15) is 0 Å². The second-order valence-electron chi connectivity index (χ2n) is 1.22. The molecule has 1 aliphatic heterocycles. The maximum Gasteiger partial charge on any atom is 2.00 e. The third-order valence-electron chi connectivity index (χ3n) is 0.652. The average Bonchev–Trinajstić information content (AvgIpc) is 1.84. The monoisotopic (exact) mass is 180 g/mol. The summed E-state index contributed by atoms with van der Waals surface area (Å²) in [6.45, 7) is 0.485. The fourth-order valence-corrected chi connectivity index (χ4v) is 1.15. The maximum atomic E-state index is 10.2. The van der Waals surface area contributed by atoms with Crippen molar-refractivity contribution in [3.05, 3.63) is 0 Å². The molecule has 0 unspecified atom stereocenters. The summed E-state index contributed by atoms with van der Waals surface area (Å²) in [4.78, 5) is 18.5. The summed E-state index contributed by atoms with van der Waals surface area (Å²) in [5.41, 5.74) is 0. The van der Waals surface area contributed by atoms with Crippen molar-refractivity contribution in [1.82, 2.24) is 0 Å². The average molecular weight is 181 g/mol. The summed E-state index contributed by atoms with van der Waals surface area (Å²) < 4.78 is 8.51. The molecule has 0 amide bonds. The largest absolute Gasteiger partial charge is 2.00 e. The van der Waals surface area contributed by atoms with Gasteiger partial charge in [-0.15, -0.1) is 0 Å². The van der Waals surface area contributed by atoms with Crippen molar-refractivity contribution < 1.29 is 30.9 Å². The van der Waals surface area contributed by atoms with Crippen LogP contribution in [0.1, 0.15) is 0 Å². The molecule has 0 spiro atoms. The minimum absolute atomic E-state index is 0. The van der Waals surface area contributed by atoms with Crippen LogP contribution in [-0.4, -0.2) is 50.1 Å². The van der Waals surface area contributed by atoms with Gasteiger partial charge in [0, 0.05) is 0 Å². The molecule has 1 rings (SSSR count). The van der Waals surface area contributed by atoms with Gasteiger partial charge >= 0.3 is 32.1 Å². The van der Waals surface area contributed by atoms with E-state index >= 15 is 0 Å². The zero-order chi connectivity index (χ0) is 5.33. The Bertz CT molecular complexity index is 73.0. The Morgan fingerprint density at radius 3 is 1.78 bits per heavy atom. The summed E-state index contributed by atoms with van der Waals surface area (Å²) >= 11 is 0. The molecule has 0 atom stereocenters. The minimum atomic E-state index is -3.79. The Balaban J connectivity index is 0. The van der Waals surface area contributed by atoms with Gasteiger partial charge in [0.15, 0.2) is 0 Å². The first-order valence-corrected chi connectivity index (χ1v) is 3.59. The van der Waals surface area contributed by atoms with E-state index in [4.69, 9.17) is 4.80 Å². The molecule has 0 radical (unpaired) electrons. The first-order valence-electron chi connectivity index (χ1n) is 1.91. The molecule has 0 aromatic carbocycles. The molecule has 0 aliphatic carbocycles. The molecule has 0 bridgehead atoms. The van der Waals surface area contributed by atoms with Gasteiger partial charge < -0.3 is 30.9 Å². The number of hydrogen-bond acceptors (Lipinski definition) is 4. The van der Waals surface area contributed by atoms with Crippen molar-refractivity contribution in [2.45, 2.75) is 0 Å².